The first kappa shape index (κ1) is 13.0. The number of rotatable bonds is 2. The minimum absolute atomic E-state index is 0.0350. The minimum Gasteiger partial charge on any atom is -0.497 e. The highest BCUT2D eigenvalue weighted by atomic mass is 16.5. The summed E-state index contributed by atoms with van der Waals surface area (Å²) in [7, 11) is 3.75. The van der Waals surface area contributed by atoms with Crippen molar-refractivity contribution in [3.63, 3.8) is 0 Å². The highest BCUT2D eigenvalue weighted by Crippen LogP contribution is 2.34. The third-order valence-corrected chi connectivity index (χ3v) is 3.86. The molecule has 1 aromatic rings. The Kier molecular flexibility index (Phi) is 3.36. The van der Waals surface area contributed by atoms with Crippen molar-refractivity contribution >= 4 is 17.2 Å². The molecule has 2 aliphatic heterocycles. The zero-order chi connectivity index (χ0) is 14.1. The highest BCUT2D eigenvalue weighted by Gasteiger charge is 2.26. The van der Waals surface area contributed by atoms with Crippen LogP contribution < -0.4 is 10.1 Å². The Bertz CT molecular complexity index is 560. The van der Waals surface area contributed by atoms with Crippen molar-refractivity contribution in [3.05, 3.63) is 30.0 Å². The molecule has 1 aromatic carbocycles. The van der Waals surface area contributed by atoms with E-state index in [1.54, 1.807) is 7.11 Å². The molecule has 1 saturated heterocycles. The summed E-state index contributed by atoms with van der Waals surface area (Å²) in [5.74, 6) is 0.733. The Morgan fingerprint density at radius 1 is 1.25 bits per heavy atom. The number of carbonyl (C=O) groups is 1. The molecule has 106 valence electrons. The second-order valence-corrected chi connectivity index (χ2v) is 5.25. The normalized spacial score (nSPS) is 21.0. The molecule has 1 N–H and O–H groups in total. The van der Waals surface area contributed by atoms with Gasteiger partial charge in [-0.05, 0) is 25.2 Å². The maximum atomic E-state index is 12.1. The molecule has 0 aliphatic carbocycles. The quantitative estimate of drug-likeness (QED) is 0.823. The number of nitrogens with one attached hydrogen (secondary N) is 1. The van der Waals surface area contributed by atoms with Crippen LogP contribution in [0.4, 0.5) is 5.69 Å². The zero-order valence-electron chi connectivity index (χ0n) is 11.8. The third-order valence-electron chi connectivity index (χ3n) is 3.86. The van der Waals surface area contributed by atoms with E-state index in [0.29, 0.717) is 0 Å². The Balaban J connectivity index is 1.89. The lowest BCUT2D eigenvalue weighted by Gasteiger charge is -2.31. The molecule has 3 rings (SSSR count). The van der Waals surface area contributed by atoms with E-state index >= 15 is 0 Å². The molecular weight excluding hydrogens is 254 g/mol. The topological polar surface area (TPSA) is 44.8 Å². The number of carbonyl (C=O) groups excluding carboxylic acids is 1. The minimum atomic E-state index is -0.0350. The molecule has 0 atom stereocenters. The summed E-state index contributed by atoms with van der Waals surface area (Å²) < 4.78 is 5.24. The molecule has 0 bridgehead atoms. The summed E-state index contributed by atoms with van der Waals surface area (Å²) in [6, 6.07) is 5.66. The summed E-state index contributed by atoms with van der Waals surface area (Å²) in [5.41, 5.74) is 2.51. The molecule has 20 heavy (non-hydrogen) atoms. The first-order valence-electron chi connectivity index (χ1n) is 6.81. The number of likely N-dealkylation sites (N-methyl/N-ethyl adjacent to an activating group) is 1. The maximum absolute atomic E-state index is 12.1. The van der Waals surface area contributed by atoms with Gasteiger partial charge in [-0.3, -0.25) is 4.79 Å². The van der Waals surface area contributed by atoms with Gasteiger partial charge in [0.1, 0.15) is 5.75 Å². The van der Waals surface area contributed by atoms with Crippen LogP contribution in [0, 0.1) is 0 Å². The van der Waals surface area contributed by atoms with E-state index < -0.39 is 0 Å². The lowest BCUT2D eigenvalue weighted by molar-refractivity contribution is -0.110. The highest BCUT2D eigenvalue weighted by molar-refractivity contribution is 6.31. The van der Waals surface area contributed by atoms with Crippen molar-refractivity contribution in [3.8, 4) is 5.75 Å². The third kappa shape index (κ3) is 2.36. The van der Waals surface area contributed by atoms with Gasteiger partial charge in [0.05, 0.1) is 12.7 Å². The second kappa shape index (κ2) is 5.17. The van der Waals surface area contributed by atoms with Crippen LogP contribution in [0.1, 0.15) is 5.56 Å². The molecular formula is C15H19N3O2. The van der Waals surface area contributed by atoms with Gasteiger partial charge in [0, 0.05) is 43.6 Å². The summed E-state index contributed by atoms with van der Waals surface area (Å²) in [5, 5.41) is 2.90. The molecule has 0 unspecified atom stereocenters. The van der Waals surface area contributed by atoms with Crippen LogP contribution in [0.15, 0.2) is 24.4 Å². The average molecular weight is 273 g/mol. The number of methoxy groups -OCH3 is 1. The van der Waals surface area contributed by atoms with Crippen molar-refractivity contribution in [1.29, 1.82) is 0 Å². The predicted molar refractivity (Wildman–Crippen MR) is 78.7 cm³/mol. The number of ether oxygens (including phenoxy) is 1. The number of nitrogens with zero attached hydrogens (tertiary/aromatic N) is 2. The zero-order valence-corrected chi connectivity index (χ0v) is 11.8. The Morgan fingerprint density at radius 3 is 2.70 bits per heavy atom. The summed E-state index contributed by atoms with van der Waals surface area (Å²) in [6.45, 7) is 3.95. The number of amides is 1. The van der Waals surface area contributed by atoms with Crippen molar-refractivity contribution in [1.82, 2.24) is 9.80 Å². The van der Waals surface area contributed by atoms with Gasteiger partial charge >= 0.3 is 0 Å². The van der Waals surface area contributed by atoms with Gasteiger partial charge in [-0.1, -0.05) is 0 Å². The molecule has 2 aliphatic rings. The predicted octanol–water partition coefficient (Wildman–Crippen LogP) is 1.24. The van der Waals surface area contributed by atoms with E-state index in [1.807, 2.05) is 24.4 Å². The summed E-state index contributed by atoms with van der Waals surface area (Å²) >= 11 is 0. The van der Waals surface area contributed by atoms with Crippen molar-refractivity contribution in [2.75, 3.05) is 45.7 Å². The maximum Gasteiger partial charge on any atom is 0.257 e. The van der Waals surface area contributed by atoms with E-state index in [4.69, 9.17) is 4.74 Å². The van der Waals surface area contributed by atoms with Gasteiger partial charge in [0.25, 0.3) is 5.91 Å². The van der Waals surface area contributed by atoms with E-state index in [1.165, 1.54) is 0 Å². The lowest BCUT2D eigenvalue weighted by atomic mass is 10.1. The van der Waals surface area contributed by atoms with Crippen LogP contribution in [0.2, 0.25) is 0 Å². The fourth-order valence-corrected chi connectivity index (χ4v) is 2.56. The number of fused-ring (bicyclic) bond motifs is 1. The molecule has 2 heterocycles. The number of piperazine rings is 1. The fraction of sp³-hybridized carbons (Fsp3) is 0.400. The van der Waals surface area contributed by atoms with Gasteiger partial charge < -0.3 is 19.9 Å². The number of benzene rings is 1. The van der Waals surface area contributed by atoms with Gasteiger partial charge in [-0.15, -0.1) is 0 Å². The van der Waals surface area contributed by atoms with Crippen LogP contribution in [0.25, 0.3) is 5.57 Å². The molecule has 0 radical (unpaired) electrons. The molecule has 1 amide bonds. The van der Waals surface area contributed by atoms with Crippen LogP contribution in [0.5, 0.6) is 5.75 Å². The molecule has 0 aromatic heterocycles. The van der Waals surface area contributed by atoms with Gasteiger partial charge in [0.2, 0.25) is 0 Å². The number of anilines is 1. The first-order valence-corrected chi connectivity index (χ1v) is 6.81. The Morgan fingerprint density at radius 2 is 2.00 bits per heavy atom. The number of hydrogen-bond donors (Lipinski definition) is 1. The molecule has 5 heteroatoms. The summed E-state index contributed by atoms with van der Waals surface area (Å²) in [6.07, 6.45) is 1.98. The molecule has 0 spiro atoms. The van der Waals surface area contributed by atoms with Crippen LogP contribution in [0.3, 0.4) is 0 Å². The molecule has 1 fully saturated rings. The lowest BCUT2D eigenvalue weighted by Crippen LogP contribution is -2.42. The van der Waals surface area contributed by atoms with Gasteiger partial charge in [0.15, 0.2) is 0 Å². The fourth-order valence-electron chi connectivity index (χ4n) is 2.56. The second-order valence-electron chi connectivity index (χ2n) is 5.25. The first-order chi connectivity index (χ1) is 9.67. The largest absolute Gasteiger partial charge is 0.497 e. The SMILES string of the molecule is COc1ccc2c(c1)/C(=C\N1CCN(C)CC1)C(=O)N2. The van der Waals surface area contributed by atoms with Crippen molar-refractivity contribution < 1.29 is 9.53 Å². The van der Waals surface area contributed by atoms with Crippen molar-refractivity contribution in [2.45, 2.75) is 0 Å². The van der Waals surface area contributed by atoms with E-state index in [-0.39, 0.29) is 5.91 Å². The summed E-state index contributed by atoms with van der Waals surface area (Å²) in [4.78, 5) is 16.6. The standard InChI is InChI=1S/C15H19N3O2/c1-17-5-7-18(8-6-17)10-13-12-9-11(20-2)3-4-14(12)16-15(13)19/h3-4,9-10H,5-8H2,1-2H3,(H,16,19)/b13-10+. The van der Waals surface area contributed by atoms with Gasteiger partial charge in [-0.25, -0.2) is 0 Å². The Hall–Kier alpha value is -2.01. The van der Waals surface area contributed by atoms with E-state index in [2.05, 4.69) is 22.2 Å². The van der Waals surface area contributed by atoms with E-state index in [0.717, 1.165) is 48.8 Å². The van der Waals surface area contributed by atoms with Crippen LogP contribution in [-0.2, 0) is 4.79 Å². The smallest absolute Gasteiger partial charge is 0.257 e. The molecule has 0 saturated carbocycles. The van der Waals surface area contributed by atoms with Crippen LogP contribution >= 0.6 is 0 Å². The Labute approximate surface area is 118 Å². The van der Waals surface area contributed by atoms with Gasteiger partial charge in [-0.2, -0.15) is 0 Å². The van der Waals surface area contributed by atoms with Crippen LogP contribution in [-0.4, -0.2) is 56.0 Å². The molecule has 5 nitrogen and oxygen atoms in total. The monoisotopic (exact) mass is 273 g/mol. The number of hydrogen-bond acceptors (Lipinski definition) is 4. The average Bonchev–Trinajstić information content (AvgIpc) is 2.77. The van der Waals surface area contributed by atoms with E-state index in [9.17, 15) is 4.79 Å². The van der Waals surface area contributed by atoms with Crippen molar-refractivity contribution in [2.24, 2.45) is 0 Å².